The van der Waals surface area contributed by atoms with Crippen molar-refractivity contribution in [2.45, 2.75) is 6.92 Å². The Morgan fingerprint density at radius 2 is 1.81 bits per heavy atom. The van der Waals surface area contributed by atoms with Gasteiger partial charge in [-0.1, -0.05) is 36.4 Å². The number of guanidine groups is 1. The molecule has 7 heteroatoms. The fourth-order valence-corrected chi connectivity index (χ4v) is 2.67. The third kappa shape index (κ3) is 3.67. The Balaban J connectivity index is 2.20. The Morgan fingerprint density at radius 3 is 2.50 bits per heavy atom. The molecule has 4 N–H and O–H groups in total. The molecule has 0 aliphatic carbocycles. The van der Waals surface area contributed by atoms with Crippen LogP contribution in [0.3, 0.4) is 0 Å². The number of benzene rings is 2. The molecule has 2 aromatic carbocycles. The molecule has 3 rings (SSSR count). The van der Waals surface area contributed by atoms with Gasteiger partial charge in [0.05, 0.1) is 22.6 Å². The van der Waals surface area contributed by atoms with Crippen molar-refractivity contribution >= 4 is 40.6 Å². The lowest BCUT2D eigenvalue weighted by atomic mass is 10.1. The summed E-state index contributed by atoms with van der Waals surface area (Å²) in [6.07, 6.45) is 0.422. The lowest BCUT2D eigenvalue weighted by Gasteiger charge is -2.15. The van der Waals surface area contributed by atoms with Gasteiger partial charge in [-0.25, -0.2) is 4.98 Å². The number of amides is 2. The first-order valence-corrected chi connectivity index (χ1v) is 7.91. The molecule has 0 saturated carbocycles. The highest BCUT2D eigenvalue weighted by atomic mass is 16.1. The van der Waals surface area contributed by atoms with E-state index in [9.17, 15) is 9.59 Å². The predicted octanol–water partition coefficient (Wildman–Crippen LogP) is 2.95. The van der Waals surface area contributed by atoms with E-state index in [1.165, 1.54) is 6.92 Å². The van der Waals surface area contributed by atoms with Crippen LogP contribution < -0.4 is 16.0 Å². The van der Waals surface area contributed by atoms with E-state index in [2.05, 4.69) is 20.9 Å². The zero-order valence-corrected chi connectivity index (χ0v) is 14.0. The van der Waals surface area contributed by atoms with Crippen LogP contribution in [0.25, 0.3) is 22.2 Å². The summed E-state index contributed by atoms with van der Waals surface area (Å²) in [5, 5.41) is 16.4. The third-order valence-electron chi connectivity index (χ3n) is 3.68. The van der Waals surface area contributed by atoms with Gasteiger partial charge in [-0.2, -0.15) is 0 Å². The van der Waals surface area contributed by atoms with Gasteiger partial charge < -0.3 is 10.6 Å². The molecule has 1 heterocycles. The van der Waals surface area contributed by atoms with Gasteiger partial charge in [0.2, 0.25) is 12.3 Å². The van der Waals surface area contributed by atoms with E-state index < -0.39 is 0 Å². The molecule has 0 bridgehead atoms. The summed E-state index contributed by atoms with van der Waals surface area (Å²) in [6, 6.07) is 16.8. The first kappa shape index (κ1) is 17.1. The van der Waals surface area contributed by atoms with E-state index in [4.69, 9.17) is 5.41 Å². The van der Waals surface area contributed by atoms with Crippen LogP contribution >= 0.6 is 0 Å². The molecule has 0 saturated heterocycles. The molecule has 0 radical (unpaired) electrons. The summed E-state index contributed by atoms with van der Waals surface area (Å²) in [7, 11) is 0. The fraction of sp³-hybridized carbons (Fsp3) is 0.0526. The number of fused-ring (bicyclic) bond motifs is 1. The molecule has 3 aromatic rings. The van der Waals surface area contributed by atoms with Crippen molar-refractivity contribution in [3.8, 4) is 11.3 Å². The van der Waals surface area contributed by atoms with Crippen LogP contribution in [0.15, 0.2) is 54.6 Å². The van der Waals surface area contributed by atoms with Crippen LogP contribution in [0.5, 0.6) is 0 Å². The van der Waals surface area contributed by atoms with Crippen molar-refractivity contribution in [1.82, 2.24) is 10.3 Å². The van der Waals surface area contributed by atoms with Crippen molar-refractivity contribution in [2.75, 3.05) is 10.6 Å². The van der Waals surface area contributed by atoms with Crippen LogP contribution in [0, 0.1) is 5.41 Å². The number of carbonyl (C=O) groups excluding carboxylic acids is 2. The number of nitrogens with zero attached hydrogens (tertiary/aromatic N) is 1. The van der Waals surface area contributed by atoms with E-state index in [0.717, 1.165) is 5.56 Å². The number of pyridine rings is 1. The summed E-state index contributed by atoms with van der Waals surface area (Å²) in [6.45, 7) is 1.42. The molecular formula is C19H17N5O2. The van der Waals surface area contributed by atoms with Gasteiger partial charge in [-0.15, -0.1) is 0 Å². The minimum Gasteiger partial charge on any atom is -0.326 e. The maximum Gasteiger partial charge on any atom is 0.221 e. The van der Waals surface area contributed by atoms with Gasteiger partial charge in [0.1, 0.15) is 0 Å². The van der Waals surface area contributed by atoms with E-state index in [-0.39, 0.29) is 11.9 Å². The van der Waals surface area contributed by atoms with Crippen LogP contribution in [0.1, 0.15) is 6.92 Å². The molecule has 0 unspecified atom stereocenters. The van der Waals surface area contributed by atoms with Crippen LogP contribution in [-0.4, -0.2) is 23.3 Å². The number of nitrogens with one attached hydrogen (secondary N) is 4. The Hall–Kier alpha value is -3.74. The average Bonchev–Trinajstić information content (AvgIpc) is 2.62. The zero-order chi connectivity index (χ0) is 18.5. The van der Waals surface area contributed by atoms with Crippen molar-refractivity contribution in [3.05, 3.63) is 54.6 Å². The standard InChI is InChI=1S/C19H17N5O2/c1-12(26)22-14-8-5-9-15-18(14)17(24-19(20)21-11-25)10-16(23-15)13-6-3-2-4-7-13/h2-11H,1H3,(H,22,26)(H3,20,21,23,24,25). The van der Waals surface area contributed by atoms with Crippen LogP contribution in [0.2, 0.25) is 0 Å². The van der Waals surface area contributed by atoms with Gasteiger partial charge in [-0.3, -0.25) is 20.3 Å². The minimum atomic E-state index is -0.211. The van der Waals surface area contributed by atoms with Gasteiger partial charge in [0, 0.05) is 17.9 Å². The van der Waals surface area contributed by atoms with Crippen LogP contribution in [0.4, 0.5) is 11.4 Å². The van der Waals surface area contributed by atoms with Crippen molar-refractivity contribution in [1.29, 1.82) is 5.41 Å². The van der Waals surface area contributed by atoms with Crippen molar-refractivity contribution in [3.63, 3.8) is 0 Å². The Kier molecular flexibility index (Phi) is 4.89. The highest BCUT2D eigenvalue weighted by Crippen LogP contribution is 2.33. The maximum atomic E-state index is 11.5. The van der Waals surface area contributed by atoms with Gasteiger partial charge in [0.25, 0.3) is 0 Å². The van der Waals surface area contributed by atoms with Crippen molar-refractivity contribution < 1.29 is 9.59 Å². The number of rotatable bonds is 4. The molecule has 7 nitrogen and oxygen atoms in total. The molecule has 26 heavy (non-hydrogen) atoms. The summed E-state index contributed by atoms with van der Waals surface area (Å²) in [4.78, 5) is 26.8. The van der Waals surface area contributed by atoms with Crippen molar-refractivity contribution in [2.24, 2.45) is 0 Å². The maximum absolute atomic E-state index is 11.5. The summed E-state index contributed by atoms with van der Waals surface area (Å²) < 4.78 is 0. The summed E-state index contributed by atoms with van der Waals surface area (Å²) in [5.74, 6) is -0.388. The van der Waals surface area contributed by atoms with E-state index >= 15 is 0 Å². The first-order valence-electron chi connectivity index (χ1n) is 7.91. The minimum absolute atomic E-state index is 0.177. The van der Waals surface area contributed by atoms with Gasteiger partial charge in [-0.05, 0) is 18.2 Å². The molecule has 2 amide bonds. The third-order valence-corrected chi connectivity index (χ3v) is 3.68. The molecule has 0 fully saturated rings. The number of carbonyl (C=O) groups is 2. The van der Waals surface area contributed by atoms with Gasteiger partial charge in [0.15, 0.2) is 5.96 Å². The first-order chi connectivity index (χ1) is 12.6. The van der Waals surface area contributed by atoms with Crippen LogP contribution in [-0.2, 0) is 9.59 Å². The molecule has 0 aliphatic rings. The highest BCUT2D eigenvalue weighted by molar-refractivity contribution is 6.11. The number of hydrogen-bond acceptors (Lipinski definition) is 4. The molecular weight excluding hydrogens is 330 g/mol. The van der Waals surface area contributed by atoms with Gasteiger partial charge >= 0.3 is 0 Å². The topological polar surface area (TPSA) is 107 Å². The predicted molar refractivity (Wildman–Crippen MR) is 102 cm³/mol. The molecule has 0 atom stereocenters. The molecule has 0 aliphatic heterocycles. The van der Waals surface area contributed by atoms with E-state index in [1.807, 2.05) is 36.4 Å². The lowest BCUT2D eigenvalue weighted by molar-refractivity contribution is -0.114. The van der Waals surface area contributed by atoms with E-state index in [0.29, 0.717) is 34.4 Å². The summed E-state index contributed by atoms with van der Waals surface area (Å²) in [5.41, 5.74) is 3.40. The number of aromatic nitrogens is 1. The smallest absolute Gasteiger partial charge is 0.221 e. The Labute approximate surface area is 150 Å². The number of anilines is 2. The summed E-state index contributed by atoms with van der Waals surface area (Å²) >= 11 is 0. The quantitative estimate of drug-likeness (QED) is 0.331. The Bertz CT molecular complexity index is 986. The molecule has 130 valence electrons. The second kappa shape index (κ2) is 7.43. The molecule has 0 spiro atoms. The number of hydrogen-bond donors (Lipinski definition) is 4. The average molecular weight is 347 g/mol. The lowest BCUT2D eigenvalue weighted by Crippen LogP contribution is -2.28. The monoisotopic (exact) mass is 347 g/mol. The van der Waals surface area contributed by atoms with E-state index in [1.54, 1.807) is 18.2 Å². The largest absolute Gasteiger partial charge is 0.326 e. The highest BCUT2D eigenvalue weighted by Gasteiger charge is 2.13. The normalized spacial score (nSPS) is 10.2. The SMILES string of the molecule is CC(=O)Nc1cccc2nc(-c3ccccc3)cc(NC(=N)NC=O)c12. The molecule has 1 aromatic heterocycles. The Morgan fingerprint density at radius 1 is 1.04 bits per heavy atom. The second-order valence-electron chi connectivity index (χ2n) is 5.56. The zero-order valence-electron chi connectivity index (χ0n) is 14.0. The second-order valence-corrected chi connectivity index (χ2v) is 5.56. The fourth-order valence-electron chi connectivity index (χ4n) is 2.67.